The van der Waals surface area contributed by atoms with Crippen LogP contribution >= 0.6 is 0 Å². The van der Waals surface area contributed by atoms with E-state index in [0.29, 0.717) is 32.8 Å². The van der Waals surface area contributed by atoms with E-state index in [1.54, 1.807) is 50.2 Å². The summed E-state index contributed by atoms with van der Waals surface area (Å²) >= 11 is 0. The molecule has 0 unspecified atom stereocenters. The molecule has 0 bridgehead atoms. The van der Waals surface area contributed by atoms with E-state index in [0.717, 1.165) is 36.4 Å². The number of halogens is 8. The Morgan fingerprint density at radius 3 is 1.35 bits per heavy atom. The molecule has 256 valence electrons. The average molecular weight is 708 g/mol. The topological polar surface area (TPSA) is 23.6 Å². The maximum Gasteiger partial charge on any atom is 0.415 e. The highest BCUT2D eigenvalue weighted by Gasteiger charge is 2.51. The first-order valence-electron chi connectivity index (χ1n) is 16.3. The molecule has 6 aromatic rings. The summed E-state index contributed by atoms with van der Waals surface area (Å²) in [7, 11) is 0. The van der Waals surface area contributed by atoms with Crippen LogP contribution in [-0.4, -0.2) is 19.5 Å². The van der Waals surface area contributed by atoms with Gasteiger partial charge in [-0.3, -0.25) is 9.80 Å². The molecule has 0 atom stereocenters. The van der Waals surface area contributed by atoms with E-state index in [-0.39, 0.29) is 44.6 Å². The second kappa shape index (κ2) is 10.7. The van der Waals surface area contributed by atoms with Crippen molar-refractivity contribution in [3.8, 4) is 0 Å². The minimum Gasteiger partial charge on any atom is -0.263 e. The van der Waals surface area contributed by atoms with Crippen LogP contribution in [0.3, 0.4) is 0 Å². The number of hydrogen-bond donors (Lipinski definition) is 0. The van der Waals surface area contributed by atoms with Crippen molar-refractivity contribution in [2.45, 2.75) is 26.2 Å². The Labute approximate surface area is 292 Å². The second-order valence-electron chi connectivity index (χ2n) is 13.4. The van der Waals surface area contributed by atoms with Gasteiger partial charge in [-0.05, 0) is 65.4 Å². The van der Waals surface area contributed by atoms with Crippen molar-refractivity contribution >= 4 is 85.8 Å². The molecular formula is C39H22B2F8N2O. The van der Waals surface area contributed by atoms with Crippen molar-refractivity contribution in [2.24, 2.45) is 0 Å². The highest BCUT2D eigenvalue weighted by atomic mass is 19.4. The molecule has 0 N–H and O–H groups in total. The summed E-state index contributed by atoms with van der Waals surface area (Å²) in [6, 6.07) is 20.7. The SMILES string of the molecule is Cc1cccc(C(F)(F)F)c1B1c2ccc(F)cc2N2C(=O)N3c4cc(F)ccc4B(c4c(C)cccc4C(F)(F)F)c4ccc5ccc1c2c5c43. The first-order chi connectivity index (χ1) is 24.7. The summed E-state index contributed by atoms with van der Waals surface area (Å²) in [4.78, 5) is 17.5. The van der Waals surface area contributed by atoms with E-state index < -0.39 is 54.6 Å². The van der Waals surface area contributed by atoms with E-state index in [9.17, 15) is 26.3 Å². The van der Waals surface area contributed by atoms with Gasteiger partial charge in [0, 0.05) is 16.8 Å². The summed E-state index contributed by atoms with van der Waals surface area (Å²) in [6.45, 7) is 0.879. The third kappa shape index (κ3) is 4.37. The first kappa shape index (κ1) is 32.3. The number of carbonyl (C=O) groups is 1. The maximum atomic E-state index is 15.2. The lowest BCUT2D eigenvalue weighted by Gasteiger charge is -2.46. The minimum atomic E-state index is -4.76. The number of amides is 2. The molecular weight excluding hydrogens is 686 g/mol. The smallest absolute Gasteiger partial charge is 0.263 e. The standard InChI is InChI=1S/C39H22B2F8N2O/c1-19-5-3-7-24(38(44,45)46)33(19)40-26-15-11-22(42)17-30(26)50-35-28(40)13-9-21-10-14-29-36(32(21)35)51(37(50)52)31-18-23(43)12-16-27(31)41(29)34-20(2)6-4-8-25(34)39(47,48)49/h3-18H,1-2H3. The van der Waals surface area contributed by atoms with Crippen LogP contribution < -0.4 is 42.6 Å². The van der Waals surface area contributed by atoms with Crippen LogP contribution in [0.25, 0.3) is 10.8 Å². The van der Waals surface area contributed by atoms with Crippen LogP contribution in [0.4, 0.5) is 62.7 Å². The van der Waals surface area contributed by atoms with E-state index in [1.807, 2.05) is 0 Å². The van der Waals surface area contributed by atoms with Crippen LogP contribution in [0, 0.1) is 25.5 Å². The molecule has 9 rings (SSSR count). The summed E-state index contributed by atoms with van der Waals surface area (Å²) in [5.41, 5.74) is 0.211. The molecule has 52 heavy (non-hydrogen) atoms. The fourth-order valence-corrected chi connectivity index (χ4v) is 8.59. The highest BCUT2D eigenvalue weighted by molar-refractivity contribution is 7.00. The molecule has 0 saturated heterocycles. The van der Waals surface area contributed by atoms with Gasteiger partial charge in [0.2, 0.25) is 13.4 Å². The van der Waals surface area contributed by atoms with Gasteiger partial charge in [0.05, 0.1) is 22.5 Å². The molecule has 3 aliphatic heterocycles. The predicted molar refractivity (Wildman–Crippen MR) is 188 cm³/mol. The number of benzene rings is 6. The molecule has 0 aliphatic carbocycles. The van der Waals surface area contributed by atoms with E-state index >= 15 is 13.6 Å². The lowest BCUT2D eigenvalue weighted by atomic mass is 9.32. The summed E-state index contributed by atoms with van der Waals surface area (Å²) < 4.78 is 119. The largest absolute Gasteiger partial charge is 0.415 e. The third-order valence-electron chi connectivity index (χ3n) is 10.6. The summed E-state index contributed by atoms with van der Waals surface area (Å²) in [5.74, 6) is -1.49. The Hall–Kier alpha value is -5.58. The number of hydrogen-bond acceptors (Lipinski definition) is 1. The molecule has 0 saturated carbocycles. The van der Waals surface area contributed by atoms with Gasteiger partial charge in [-0.1, -0.05) is 94.8 Å². The molecule has 0 radical (unpaired) electrons. The molecule has 0 fully saturated rings. The normalized spacial score (nSPS) is 14.6. The highest BCUT2D eigenvalue weighted by Crippen LogP contribution is 2.48. The van der Waals surface area contributed by atoms with Crippen LogP contribution in [0.2, 0.25) is 0 Å². The molecule has 0 spiro atoms. The Balaban J connectivity index is 1.44. The minimum absolute atomic E-state index is 0.000712. The average Bonchev–Trinajstić information content (AvgIpc) is 3.08. The van der Waals surface area contributed by atoms with Crippen molar-refractivity contribution in [1.29, 1.82) is 0 Å². The van der Waals surface area contributed by atoms with Crippen LogP contribution in [0.1, 0.15) is 22.3 Å². The van der Waals surface area contributed by atoms with Crippen molar-refractivity contribution < 1.29 is 39.9 Å². The van der Waals surface area contributed by atoms with Crippen LogP contribution in [0.15, 0.2) is 97.1 Å². The van der Waals surface area contributed by atoms with E-state index in [2.05, 4.69) is 0 Å². The predicted octanol–water partition coefficient (Wildman–Crippen LogP) is 6.84. The molecule has 3 nitrogen and oxygen atoms in total. The number of alkyl halides is 6. The van der Waals surface area contributed by atoms with Gasteiger partial charge in [-0.2, -0.15) is 26.3 Å². The Bertz CT molecular complexity index is 2400. The van der Waals surface area contributed by atoms with Gasteiger partial charge in [0.15, 0.2) is 0 Å². The van der Waals surface area contributed by atoms with Crippen LogP contribution in [-0.2, 0) is 12.4 Å². The number of fused-ring (bicyclic) bond motifs is 4. The summed E-state index contributed by atoms with van der Waals surface area (Å²) in [5, 5.41) is 0.887. The monoisotopic (exact) mass is 708 g/mol. The molecule has 6 aromatic carbocycles. The first-order valence-corrected chi connectivity index (χ1v) is 16.3. The van der Waals surface area contributed by atoms with Crippen molar-refractivity contribution in [3.63, 3.8) is 0 Å². The van der Waals surface area contributed by atoms with E-state index in [4.69, 9.17) is 0 Å². The number of aryl methyl sites for hydroxylation is 2. The van der Waals surface area contributed by atoms with Gasteiger partial charge >= 0.3 is 18.4 Å². The van der Waals surface area contributed by atoms with E-state index in [1.165, 1.54) is 34.1 Å². The van der Waals surface area contributed by atoms with Gasteiger partial charge in [-0.15, -0.1) is 0 Å². The Kier molecular flexibility index (Phi) is 6.67. The zero-order chi connectivity index (χ0) is 36.6. The molecule has 0 aromatic heterocycles. The molecule has 13 heteroatoms. The number of rotatable bonds is 2. The summed E-state index contributed by atoms with van der Waals surface area (Å²) in [6.07, 6.45) is -9.52. The number of urea groups is 1. The zero-order valence-corrected chi connectivity index (χ0v) is 27.2. The maximum absolute atomic E-state index is 15.2. The van der Waals surface area contributed by atoms with Gasteiger partial charge in [0.25, 0.3) is 0 Å². The third-order valence-corrected chi connectivity index (χ3v) is 10.6. The second-order valence-corrected chi connectivity index (χ2v) is 13.4. The lowest BCUT2D eigenvalue weighted by molar-refractivity contribution is -0.137. The zero-order valence-electron chi connectivity index (χ0n) is 27.2. The van der Waals surface area contributed by atoms with Gasteiger partial charge < -0.3 is 0 Å². The van der Waals surface area contributed by atoms with Crippen molar-refractivity contribution in [2.75, 3.05) is 9.80 Å². The van der Waals surface area contributed by atoms with Crippen molar-refractivity contribution in [1.82, 2.24) is 0 Å². The van der Waals surface area contributed by atoms with Crippen molar-refractivity contribution in [3.05, 3.63) is 131 Å². The number of carbonyl (C=O) groups excluding carboxylic acids is 1. The quantitative estimate of drug-likeness (QED) is 0.143. The number of anilines is 4. The fraction of sp³-hybridized carbons (Fsp3) is 0.103. The van der Waals surface area contributed by atoms with Crippen LogP contribution in [0.5, 0.6) is 0 Å². The fourth-order valence-electron chi connectivity index (χ4n) is 8.59. The lowest BCUT2D eigenvalue weighted by Crippen LogP contribution is -2.65. The number of nitrogens with zero attached hydrogens (tertiary/aromatic N) is 2. The molecule has 2 amide bonds. The van der Waals surface area contributed by atoms with Gasteiger partial charge in [-0.25, -0.2) is 13.6 Å². The Morgan fingerprint density at radius 2 is 0.942 bits per heavy atom. The van der Waals surface area contributed by atoms with Gasteiger partial charge in [0.1, 0.15) is 11.6 Å². The molecule has 3 aliphatic rings. The molecule has 3 heterocycles. The Morgan fingerprint density at radius 1 is 0.538 bits per heavy atom.